The second-order valence-corrected chi connectivity index (χ2v) is 6.00. The van der Waals surface area contributed by atoms with Crippen molar-refractivity contribution < 1.29 is 18.7 Å². The molecule has 1 aromatic rings. The van der Waals surface area contributed by atoms with Crippen molar-refractivity contribution in [3.05, 3.63) is 29.1 Å². The Labute approximate surface area is 135 Å². The van der Waals surface area contributed by atoms with Crippen molar-refractivity contribution in [1.82, 2.24) is 5.32 Å². The Morgan fingerprint density at radius 1 is 1.48 bits per heavy atom. The molecule has 0 saturated carbocycles. The summed E-state index contributed by atoms with van der Waals surface area (Å²) in [5.74, 6) is -0.539. The van der Waals surface area contributed by atoms with Crippen LogP contribution in [-0.2, 0) is 27.2 Å². The fraction of sp³-hybridized carbons (Fsp3) is 0.588. The number of hydrogen-bond acceptors (Lipinski definition) is 4. The first-order valence-corrected chi connectivity index (χ1v) is 8.24. The van der Waals surface area contributed by atoms with Crippen LogP contribution in [-0.4, -0.2) is 38.4 Å². The molecule has 0 bridgehead atoms. The zero-order valence-corrected chi connectivity index (χ0v) is 13.2. The third-order valence-electron chi connectivity index (χ3n) is 4.28. The molecule has 1 atom stereocenters. The largest absolute Gasteiger partial charge is 0.378 e. The molecule has 1 amide bonds. The molecule has 1 saturated heterocycles. The third-order valence-corrected chi connectivity index (χ3v) is 4.28. The van der Waals surface area contributed by atoms with Crippen molar-refractivity contribution >= 4 is 11.6 Å². The maximum absolute atomic E-state index is 14.4. The summed E-state index contributed by atoms with van der Waals surface area (Å²) >= 11 is 0. The van der Waals surface area contributed by atoms with Gasteiger partial charge in [-0.1, -0.05) is 6.07 Å². The second-order valence-electron chi connectivity index (χ2n) is 6.00. The molecule has 1 unspecified atom stereocenters. The lowest BCUT2D eigenvalue weighted by molar-refractivity contribution is -0.117. The molecule has 0 radical (unpaired) electrons. The molecule has 23 heavy (non-hydrogen) atoms. The van der Waals surface area contributed by atoms with Gasteiger partial charge in [0.2, 0.25) is 5.91 Å². The Kier molecular flexibility index (Phi) is 5.59. The maximum atomic E-state index is 14.4. The van der Waals surface area contributed by atoms with Crippen molar-refractivity contribution in [2.75, 3.05) is 31.7 Å². The number of carbonyl (C=O) groups is 1. The van der Waals surface area contributed by atoms with E-state index in [1.165, 1.54) is 0 Å². The fourth-order valence-electron chi connectivity index (χ4n) is 3.00. The lowest BCUT2D eigenvalue weighted by Gasteiger charge is -2.19. The first-order valence-electron chi connectivity index (χ1n) is 8.24. The van der Waals surface area contributed by atoms with Crippen LogP contribution in [0.5, 0.6) is 0 Å². The van der Waals surface area contributed by atoms with Gasteiger partial charge < -0.3 is 20.1 Å². The van der Waals surface area contributed by atoms with Gasteiger partial charge >= 0.3 is 0 Å². The summed E-state index contributed by atoms with van der Waals surface area (Å²) in [7, 11) is 0. The molecular weight excluding hydrogens is 299 g/mol. The van der Waals surface area contributed by atoms with Crippen LogP contribution in [0.15, 0.2) is 12.1 Å². The minimum absolute atomic E-state index is 0.157. The molecule has 1 aromatic carbocycles. The van der Waals surface area contributed by atoms with Crippen LogP contribution in [0, 0.1) is 5.82 Å². The van der Waals surface area contributed by atoms with Crippen LogP contribution in [0.2, 0.25) is 0 Å². The summed E-state index contributed by atoms with van der Waals surface area (Å²) in [6.07, 6.45) is 3.10. The van der Waals surface area contributed by atoms with E-state index in [0.29, 0.717) is 31.7 Å². The Morgan fingerprint density at radius 3 is 3.22 bits per heavy atom. The van der Waals surface area contributed by atoms with E-state index in [2.05, 4.69) is 10.6 Å². The molecule has 2 N–H and O–H groups in total. The number of anilines is 1. The van der Waals surface area contributed by atoms with Crippen LogP contribution >= 0.6 is 0 Å². The van der Waals surface area contributed by atoms with Gasteiger partial charge in [-0.05, 0) is 43.0 Å². The van der Waals surface area contributed by atoms with Crippen molar-refractivity contribution in [3.63, 3.8) is 0 Å². The smallest absolute Gasteiger partial charge is 0.226 e. The van der Waals surface area contributed by atoms with Gasteiger partial charge in [0.1, 0.15) is 5.82 Å². The van der Waals surface area contributed by atoms with Gasteiger partial charge in [-0.2, -0.15) is 0 Å². The van der Waals surface area contributed by atoms with Gasteiger partial charge in [0.05, 0.1) is 31.4 Å². The van der Waals surface area contributed by atoms with E-state index in [1.54, 1.807) is 6.07 Å². The molecule has 6 heteroatoms. The number of ether oxygens (including phenoxy) is 2. The van der Waals surface area contributed by atoms with Crippen molar-refractivity contribution in [2.24, 2.45) is 0 Å². The maximum Gasteiger partial charge on any atom is 0.226 e. The summed E-state index contributed by atoms with van der Waals surface area (Å²) in [6.45, 7) is 3.08. The van der Waals surface area contributed by atoms with E-state index < -0.39 is 0 Å². The quantitative estimate of drug-likeness (QED) is 0.787. The van der Waals surface area contributed by atoms with Crippen molar-refractivity contribution in [2.45, 2.75) is 38.3 Å². The monoisotopic (exact) mass is 322 g/mol. The number of hydrogen-bond donors (Lipinski definition) is 2. The normalized spacial score (nSPS) is 20.3. The minimum atomic E-state index is -0.308. The summed E-state index contributed by atoms with van der Waals surface area (Å²) in [6, 6.07) is 3.50. The molecule has 2 aliphatic rings. The Bertz CT molecular complexity index is 559. The topological polar surface area (TPSA) is 59.6 Å². The van der Waals surface area contributed by atoms with E-state index in [0.717, 1.165) is 31.6 Å². The first-order chi connectivity index (χ1) is 11.2. The van der Waals surface area contributed by atoms with Gasteiger partial charge in [-0.15, -0.1) is 0 Å². The Morgan fingerprint density at radius 2 is 2.39 bits per heavy atom. The molecule has 2 heterocycles. The highest BCUT2D eigenvalue weighted by molar-refractivity contribution is 5.91. The average Bonchev–Trinajstić information content (AvgIpc) is 3.08. The van der Waals surface area contributed by atoms with Crippen LogP contribution in [0.25, 0.3) is 0 Å². The number of nitrogens with one attached hydrogen (secondary N) is 2. The summed E-state index contributed by atoms with van der Waals surface area (Å²) < 4.78 is 25.3. The van der Waals surface area contributed by atoms with E-state index in [4.69, 9.17) is 9.47 Å². The predicted molar refractivity (Wildman–Crippen MR) is 84.9 cm³/mol. The molecule has 0 aliphatic carbocycles. The summed E-state index contributed by atoms with van der Waals surface area (Å²) in [5.41, 5.74) is 1.93. The van der Waals surface area contributed by atoms with Gasteiger partial charge in [0.25, 0.3) is 0 Å². The van der Waals surface area contributed by atoms with Crippen molar-refractivity contribution in [3.8, 4) is 0 Å². The molecule has 3 rings (SSSR count). The summed E-state index contributed by atoms with van der Waals surface area (Å²) in [5, 5.41) is 5.85. The highest BCUT2D eigenvalue weighted by atomic mass is 19.1. The molecule has 0 aromatic heterocycles. The molecule has 126 valence electrons. The predicted octanol–water partition coefficient (Wildman–Crippen LogP) is 2.00. The third kappa shape index (κ3) is 4.28. The molecule has 5 nitrogen and oxygen atoms in total. The highest BCUT2D eigenvalue weighted by Gasteiger charge is 2.18. The number of benzene rings is 1. The zero-order chi connectivity index (χ0) is 16.1. The van der Waals surface area contributed by atoms with Crippen LogP contribution in [0.3, 0.4) is 0 Å². The SMILES string of the molecule is O=C(CCOCC1CCCO1)Nc1ccc2c(c1F)CCNC2. The number of fused-ring (bicyclic) bond motifs is 1. The van der Waals surface area contributed by atoms with Crippen LogP contribution in [0.4, 0.5) is 10.1 Å². The molecule has 0 spiro atoms. The average molecular weight is 322 g/mol. The van der Waals surface area contributed by atoms with Crippen molar-refractivity contribution in [1.29, 1.82) is 0 Å². The van der Waals surface area contributed by atoms with Crippen LogP contribution < -0.4 is 10.6 Å². The minimum Gasteiger partial charge on any atom is -0.378 e. The van der Waals surface area contributed by atoms with E-state index in [1.807, 2.05) is 6.07 Å². The highest BCUT2D eigenvalue weighted by Crippen LogP contribution is 2.24. The van der Waals surface area contributed by atoms with Crippen LogP contribution in [0.1, 0.15) is 30.4 Å². The lowest BCUT2D eigenvalue weighted by atomic mass is 9.99. The second kappa shape index (κ2) is 7.86. The molecular formula is C17H23FN2O3. The summed E-state index contributed by atoms with van der Waals surface area (Å²) in [4.78, 5) is 11.9. The van der Waals surface area contributed by atoms with Gasteiger partial charge in [-0.25, -0.2) is 4.39 Å². The van der Waals surface area contributed by atoms with Gasteiger partial charge in [0, 0.05) is 13.2 Å². The zero-order valence-electron chi connectivity index (χ0n) is 13.2. The number of rotatable bonds is 6. The van der Waals surface area contributed by atoms with Gasteiger partial charge in [-0.3, -0.25) is 4.79 Å². The lowest BCUT2D eigenvalue weighted by Crippen LogP contribution is -2.25. The Hall–Kier alpha value is -1.50. The number of amides is 1. The molecule has 2 aliphatic heterocycles. The van der Waals surface area contributed by atoms with E-state index in [-0.39, 0.29) is 29.9 Å². The first kappa shape index (κ1) is 16.4. The van der Waals surface area contributed by atoms with E-state index >= 15 is 0 Å². The number of carbonyl (C=O) groups excluding carboxylic acids is 1. The van der Waals surface area contributed by atoms with E-state index in [9.17, 15) is 9.18 Å². The Balaban J connectivity index is 1.46. The molecule has 1 fully saturated rings. The fourth-order valence-corrected chi connectivity index (χ4v) is 3.00. The van der Waals surface area contributed by atoms with Gasteiger partial charge in [0.15, 0.2) is 0 Å². The standard InChI is InChI=1S/C17H23FN2O3/c18-17-14-5-7-19-10-12(14)3-4-15(17)20-16(21)6-9-22-11-13-2-1-8-23-13/h3-4,13,19H,1-2,5-11H2,(H,20,21). The number of halogens is 1.